The van der Waals surface area contributed by atoms with Gasteiger partial charge in [0.2, 0.25) is 10.0 Å². The average molecular weight is 431 g/mol. The minimum Gasteiger partial charge on any atom is -0.354 e. The normalized spacial score (nSPS) is 15.7. The molecule has 6 nitrogen and oxygen atoms in total. The molecular weight excluding hydrogens is 396 g/mol. The Bertz CT molecular complexity index is 963. The number of anilines is 1. The third-order valence-electron chi connectivity index (χ3n) is 5.55. The maximum Gasteiger partial charge on any atom is 0.211 e. The van der Waals surface area contributed by atoms with Crippen molar-refractivity contribution in [2.75, 3.05) is 37.3 Å². The molecule has 2 heterocycles. The van der Waals surface area contributed by atoms with Crippen molar-refractivity contribution in [1.82, 2.24) is 14.3 Å². The monoisotopic (exact) mass is 430 g/mol. The highest BCUT2D eigenvalue weighted by Gasteiger charge is 2.27. The molecule has 0 aliphatic carbocycles. The fourth-order valence-electron chi connectivity index (χ4n) is 3.90. The molecule has 3 rings (SSSR count). The summed E-state index contributed by atoms with van der Waals surface area (Å²) in [6.45, 7) is 10.9. The van der Waals surface area contributed by atoms with Crippen LogP contribution in [-0.2, 0) is 29.3 Å². The molecule has 30 heavy (non-hydrogen) atoms. The molecule has 1 fully saturated rings. The molecular formula is C23H34N4O2S. The van der Waals surface area contributed by atoms with Crippen molar-refractivity contribution in [3.63, 3.8) is 0 Å². The second kappa shape index (κ2) is 9.43. The maximum absolute atomic E-state index is 11.9. The molecule has 0 amide bonds. The van der Waals surface area contributed by atoms with Crippen molar-refractivity contribution in [1.29, 1.82) is 0 Å². The van der Waals surface area contributed by atoms with Gasteiger partial charge in [-0.15, -0.1) is 0 Å². The smallest absolute Gasteiger partial charge is 0.211 e. The Balaban J connectivity index is 1.98. The van der Waals surface area contributed by atoms with E-state index < -0.39 is 10.0 Å². The molecule has 1 aliphatic heterocycles. The van der Waals surface area contributed by atoms with Gasteiger partial charge in [0.05, 0.1) is 6.26 Å². The summed E-state index contributed by atoms with van der Waals surface area (Å²) in [6, 6.07) is 8.61. The standard InChI is InChI=1S/C23H34N4O2S/c1-6-21-20(16-19-9-7-18(4)8-10-19)23(25-22(24-21)15-17(2)3)26-11-13-27(14-12-26)30(5,28)29/h7-10,17H,6,11-16H2,1-5H3. The van der Waals surface area contributed by atoms with E-state index in [1.54, 1.807) is 4.31 Å². The number of hydrogen-bond donors (Lipinski definition) is 0. The van der Waals surface area contributed by atoms with Gasteiger partial charge in [-0.25, -0.2) is 18.4 Å². The van der Waals surface area contributed by atoms with E-state index in [4.69, 9.17) is 9.97 Å². The van der Waals surface area contributed by atoms with Crippen LogP contribution in [0.4, 0.5) is 5.82 Å². The molecule has 0 unspecified atom stereocenters. The zero-order valence-electron chi connectivity index (χ0n) is 18.9. The Kier molecular flexibility index (Phi) is 7.14. The van der Waals surface area contributed by atoms with Crippen LogP contribution >= 0.6 is 0 Å². The highest BCUT2D eigenvalue weighted by molar-refractivity contribution is 7.88. The molecule has 1 aromatic heterocycles. The number of nitrogens with zero attached hydrogens (tertiary/aromatic N) is 4. The van der Waals surface area contributed by atoms with E-state index in [-0.39, 0.29) is 0 Å². The van der Waals surface area contributed by atoms with E-state index >= 15 is 0 Å². The van der Waals surface area contributed by atoms with E-state index in [2.05, 4.69) is 56.9 Å². The molecule has 0 N–H and O–H groups in total. The number of benzene rings is 1. The second-order valence-electron chi connectivity index (χ2n) is 8.65. The summed E-state index contributed by atoms with van der Waals surface area (Å²) in [4.78, 5) is 12.1. The van der Waals surface area contributed by atoms with Crippen molar-refractivity contribution in [3.8, 4) is 0 Å². The fraction of sp³-hybridized carbons (Fsp3) is 0.565. The molecule has 0 radical (unpaired) electrons. The SMILES string of the molecule is CCc1nc(CC(C)C)nc(N2CCN(S(C)(=O)=O)CC2)c1Cc1ccc(C)cc1. The van der Waals surface area contributed by atoms with Gasteiger partial charge in [-0.1, -0.05) is 50.6 Å². The van der Waals surface area contributed by atoms with Crippen molar-refractivity contribution in [2.45, 2.75) is 47.0 Å². The molecule has 0 bridgehead atoms. The number of aromatic nitrogens is 2. The highest BCUT2D eigenvalue weighted by atomic mass is 32.2. The van der Waals surface area contributed by atoms with E-state index in [0.717, 1.165) is 36.6 Å². The summed E-state index contributed by atoms with van der Waals surface area (Å²) in [5, 5.41) is 0. The first-order chi connectivity index (χ1) is 14.2. The summed E-state index contributed by atoms with van der Waals surface area (Å²) in [6.07, 6.45) is 3.76. The van der Waals surface area contributed by atoms with Crippen LogP contribution in [0.1, 0.15) is 49.0 Å². The summed E-state index contributed by atoms with van der Waals surface area (Å²) in [5.41, 5.74) is 4.75. The lowest BCUT2D eigenvalue weighted by atomic mass is 10.0. The topological polar surface area (TPSA) is 66.4 Å². The fourth-order valence-corrected chi connectivity index (χ4v) is 4.73. The van der Waals surface area contributed by atoms with Gasteiger partial charge >= 0.3 is 0 Å². The Morgan fingerprint density at radius 3 is 2.20 bits per heavy atom. The van der Waals surface area contributed by atoms with E-state index in [1.807, 2.05) is 0 Å². The lowest BCUT2D eigenvalue weighted by Gasteiger charge is -2.35. The van der Waals surface area contributed by atoms with Gasteiger partial charge in [-0.05, 0) is 24.8 Å². The van der Waals surface area contributed by atoms with Gasteiger partial charge in [0.25, 0.3) is 0 Å². The van der Waals surface area contributed by atoms with Gasteiger partial charge in [0.15, 0.2) is 0 Å². The van der Waals surface area contributed by atoms with Crippen LogP contribution in [0.3, 0.4) is 0 Å². The highest BCUT2D eigenvalue weighted by Crippen LogP contribution is 2.27. The molecule has 1 aliphatic rings. The number of hydrogen-bond acceptors (Lipinski definition) is 5. The van der Waals surface area contributed by atoms with E-state index in [0.29, 0.717) is 32.1 Å². The molecule has 1 saturated heterocycles. The largest absolute Gasteiger partial charge is 0.354 e. The predicted octanol–water partition coefficient (Wildman–Crippen LogP) is 3.22. The molecule has 0 saturated carbocycles. The van der Waals surface area contributed by atoms with Crippen LogP contribution in [0.5, 0.6) is 0 Å². The number of sulfonamides is 1. The lowest BCUT2D eigenvalue weighted by Crippen LogP contribution is -2.49. The average Bonchev–Trinajstić information content (AvgIpc) is 2.69. The van der Waals surface area contributed by atoms with Crippen LogP contribution in [0, 0.1) is 12.8 Å². The Morgan fingerprint density at radius 2 is 1.67 bits per heavy atom. The van der Waals surface area contributed by atoms with Crippen LogP contribution in [0.2, 0.25) is 0 Å². The van der Waals surface area contributed by atoms with Crippen LogP contribution in [0.15, 0.2) is 24.3 Å². The van der Waals surface area contributed by atoms with Gasteiger partial charge in [0.1, 0.15) is 11.6 Å². The second-order valence-corrected chi connectivity index (χ2v) is 10.6. The van der Waals surface area contributed by atoms with Crippen LogP contribution in [-0.4, -0.2) is 55.1 Å². The Labute approximate surface area is 181 Å². The maximum atomic E-state index is 11.9. The summed E-state index contributed by atoms with van der Waals surface area (Å²) in [7, 11) is -3.16. The minimum atomic E-state index is -3.16. The van der Waals surface area contributed by atoms with Crippen LogP contribution in [0.25, 0.3) is 0 Å². The van der Waals surface area contributed by atoms with Crippen LogP contribution < -0.4 is 4.90 Å². The third-order valence-corrected chi connectivity index (χ3v) is 6.85. The van der Waals surface area contributed by atoms with E-state index in [9.17, 15) is 8.42 Å². The molecule has 0 atom stereocenters. The zero-order valence-corrected chi connectivity index (χ0v) is 19.7. The van der Waals surface area contributed by atoms with Crippen molar-refractivity contribution in [3.05, 3.63) is 52.5 Å². The third kappa shape index (κ3) is 5.58. The number of rotatable bonds is 7. The summed E-state index contributed by atoms with van der Waals surface area (Å²) in [5.74, 6) is 2.34. The molecule has 7 heteroatoms. The zero-order chi connectivity index (χ0) is 21.9. The molecule has 1 aromatic carbocycles. The van der Waals surface area contributed by atoms with Crippen molar-refractivity contribution < 1.29 is 8.42 Å². The first-order valence-corrected chi connectivity index (χ1v) is 12.7. The first-order valence-electron chi connectivity index (χ1n) is 10.8. The van der Waals surface area contributed by atoms with Crippen molar-refractivity contribution in [2.24, 2.45) is 5.92 Å². The van der Waals surface area contributed by atoms with E-state index in [1.165, 1.54) is 22.9 Å². The predicted molar refractivity (Wildman–Crippen MR) is 123 cm³/mol. The summed E-state index contributed by atoms with van der Waals surface area (Å²) >= 11 is 0. The molecule has 2 aromatic rings. The minimum absolute atomic E-state index is 0.479. The number of aryl methyl sites for hydroxylation is 2. The molecule has 164 valence electrons. The molecule has 0 spiro atoms. The van der Waals surface area contributed by atoms with Gasteiger partial charge in [0, 0.05) is 50.3 Å². The Hall–Kier alpha value is -1.99. The number of piperazine rings is 1. The van der Waals surface area contributed by atoms with Gasteiger partial charge < -0.3 is 4.90 Å². The van der Waals surface area contributed by atoms with Gasteiger partial charge in [-0.3, -0.25) is 0 Å². The quantitative estimate of drug-likeness (QED) is 0.675. The lowest BCUT2D eigenvalue weighted by molar-refractivity contribution is 0.386. The van der Waals surface area contributed by atoms with Gasteiger partial charge in [-0.2, -0.15) is 4.31 Å². The first kappa shape index (κ1) is 22.7. The summed E-state index contributed by atoms with van der Waals surface area (Å²) < 4.78 is 25.4. The Morgan fingerprint density at radius 1 is 1.03 bits per heavy atom. The van der Waals surface area contributed by atoms with Crippen molar-refractivity contribution >= 4 is 15.8 Å².